The maximum atomic E-state index is 10.1. The maximum Gasteiger partial charge on any atom is 0.303 e. The molecular formula is C9H16O2S. The summed E-state index contributed by atoms with van der Waals surface area (Å²) in [6.45, 7) is 5.79. The average molecular weight is 188 g/mol. The molecule has 0 bridgehead atoms. The van der Waals surface area contributed by atoms with Gasteiger partial charge in [-0.15, -0.1) is 0 Å². The highest BCUT2D eigenvalue weighted by molar-refractivity contribution is 7.99. The number of carbonyl (C=O) groups is 1. The third-order valence-electron chi connectivity index (χ3n) is 1.28. The van der Waals surface area contributed by atoms with Crippen molar-refractivity contribution in [3.8, 4) is 0 Å². The molecule has 12 heavy (non-hydrogen) atoms. The number of hydrogen-bond donors (Lipinski definition) is 1. The molecule has 70 valence electrons. The number of carboxylic acid groups (broad SMARTS) is 1. The zero-order chi connectivity index (χ0) is 9.40. The molecule has 0 saturated heterocycles. The first-order chi connectivity index (χ1) is 5.63. The van der Waals surface area contributed by atoms with Crippen molar-refractivity contribution in [1.82, 2.24) is 0 Å². The Bertz CT molecular complexity index is 137. The Morgan fingerprint density at radius 2 is 2.17 bits per heavy atom. The van der Waals surface area contributed by atoms with Gasteiger partial charge in [0.05, 0.1) is 0 Å². The van der Waals surface area contributed by atoms with Crippen LogP contribution in [-0.4, -0.2) is 22.6 Å². The lowest BCUT2D eigenvalue weighted by Crippen LogP contribution is -1.94. The van der Waals surface area contributed by atoms with Gasteiger partial charge in [-0.25, -0.2) is 0 Å². The summed E-state index contributed by atoms with van der Waals surface area (Å²) in [6.07, 6.45) is 2.08. The van der Waals surface area contributed by atoms with Gasteiger partial charge in [-0.05, 0) is 25.5 Å². The van der Waals surface area contributed by atoms with E-state index in [2.05, 4.69) is 6.58 Å². The lowest BCUT2D eigenvalue weighted by atomic mass is 10.3. The first-order valence-corrected chi connectivity index (χ1v) is 5.22. The number of unbranched alkanes of at least 4 members (excludes halogenated alkanes) is 1. The number of hydrogen-bond acceptors (Lipinski definition) is 2. The van der Waals surface area contributed by atoms with Gasteiger partial charge in [0, 0.05) is 12.2 Å². The Morgan fingerprint density at radius 3 is 2.67 bits per heavy atom. The van der Waals surface area contributed by atoms with Crippen LogP contribution in [0, 0.1) is 0 Å². The van der Waals surface area contributed by atoms with E-state index in [-0.39, 0.29) is 0 Å². The van der Waals surface area contributed by atoms with Gasteiger partial charge in [-0.2, -0.15) is 11.8 Å². The Morgan fingerprint density at radius 1 is 1.50 bits per heavy atom. The van der Waals surface area contributed by atoms with Crippen molar-refractivity contribution in [3.63, 3.8) is 0 Å². The van der Waals surface area contributed by atoms with E-state index in [0.29, 0.717) is 6.42 Å². The van der Waals surface area contributed by atoms with E-state index in [4.69, 9.17) is 5.11 Å². The fraction of sp³-hybridized carbons (Fsp3) is 0.667. The summed E-state index contributed by atoms with van der Waals surface area (Å²) in [7, 11) is 0. The van der Waals surface area contributed by atoms with Crippen LogP contribution in [0.15, 0.2) is 12.2 Å². The predicted octanol–water partition coefficient (Wildman–Crippen LogP) is 2.55. The van der Waals surface area contributed by atoms with E-state index < -0.39 is 5.97 Å². The number of aliphatic carboxylic acids is 1. The van der Waals surface area contributed by atoms with Crippen LogP contribution in [0.3, 0.4) is 0 Å². The minimum atomic E-state index is -0.695. The minimum absolute atomic E-state index is 0.299. The van der Waals surface area contributed by atoms with Crippen LogP contribution in [0.25, 0.3) is 0 Å². The predicted molar refractivity (Wildman–Crippen MR) is 53.6 cm³/mol. The van der Waals surface area contributed by atoms with E-state index in [1.54, 1.807) is 0 Å². The topological polar surface area (TPSA) is 37.3 Å². The highest BCUT2D eigenvalue weighted by Crippen LogP contribution is 2.09. The third-order valence-corrected chi connectivity index (χ3v) is 2.55. The molecule has 0 radical (unpaired) electrons. The molecule has 0 aromatic rings. The molecule has 0 heterocycles. The fourth-order valence-corrected chi connectivity index (χ4v) is 1.63. The Kier molecular flexibility index (Phi) is 6.96. The van der Waals surface area contributed by atoms with Gasteiger partial charge in [0.15, 0.2) is 0 Å². The monoisotopic (exact) mass is 188 g/mol. The molecule has 0 atom stereocenters. The molecule has 3 heteroatoms. The molecule has 0 aliphatic heterocycles. The minimum Gasteiger partial charge on any atom is -0.481 e. The van der Waals surface area contributed by atoms with Crippen LogP contribution in [0.2, 0.25) is 0 Å². The van der Waals surface area contributed by atoms with Crippen molar-refractivity contribution in [2.24, 2.45) is 0 Å². The second-order valence-corrected chi connectivity index (χ2v) is 3.97. The van der Waals surface area contributed by atoms with Crippen molar-refractivity contribution in [2.75, 3.05) is 11.5 Å². The van der Waals surface area contributed by atoms with Gasteiger partial charge in [0.2, 0.25) is 0 Å². The second-order valence-electron chi connectivity index (χ2n) is 2.86. The molecule has 0 aliphatic carbocycles. The summed E-state index contributed by atoms with van der Waals surface area (Å²) in [6, 6.07) is 0. The van der Waals surface area contributed by atoms with Crippen LogP contribution in [-0.2, 0) is 4.79 Å². The van der Waals surface area contributed by atoms with E-state index in [0.717, 1.165) is 24.3 Å². The van der Waals surface area contributed by atoms with Gasteiger partial charge in [0.1, 0.15) is 0 Å². The summed E-state index contributed by atoms with van der Waals surface area (Å²) >= 11 is 1.82. The quantitative estimate of drug-likeness (QED) is 0.493. The number of carboxylic acids is 1. The summed E-state index contributed by atoms with van der Waals surface area (Å²) in [5, 5.41) is 8.34. The first kappa shape index (κ1) is 11.6. The smallest absolute Gasteiger partial charge is 0.303 e. The van der Waals surface area contributed by atoms with Crippen molar-refractivity contribution in [3.05, 3.63) is 12.2 Å². The Labute approximate surface area is 78.0 Å². The summed E-state index contributed by atoms with van der Waals surface area (Å²) in [4.78, 5) is 10.1. The molecule has 0 amide bonds. The number of rotatable bonds is 7. The summed E-state index contributed by atoms with van der Waals surface area (Å²) in [5.41, 5.74) is 1.18. The second kappa shape index (κ2) is 7.22. The van der Waals surface area contributed by atoms with Crippen molar-refractivity contribution >= 4 is 17.7 Å². The van der Waals surface area contributed by atoms with Crippen LogP contribution in [0.4, 0.5) is 0 Å². The normalized spacial score (nSPS) is 9.75. The molecule has 1 N–H and O–H groups in total. The zero-order valence-electron chi connectivity index (χ0n) is 7.51. The van der Waals surface area contributed by atoms with Gasteiger partial charge < -0.3 is 5.11 Å². The molecule has 0 unspecified atom stereocenters. The molecule has 0 saturated carbocycles. The maximum absolute atomic E-state index is 10.1. The standard InChI is InChI=1S/C9H16O2S/c1-8(2)7-12-6-4-3-5-9(10)11/h1,3-7H2,2H3,(H,10,11). The number of thioether (sulfide) groups is 1. The Hall–Kier alpha value is -0.440. The van der Waals surface area contributed by atoms with E-state index >= 15 is 0 Å². The Balaban J connectivity index is 3.01. The van der Waals surface area contributed by atoms with Crippen molar-refractivity contribution < 1.29 is 9.90 Å². The summed E-state index contributed by atoms with van der Waals surface area (Å²) in [5.74, 6) is 1.34. The average Bonchev–Trinajstić information content (AvgIpc) is 1.95. The van der Waals surface area contributed by atoms with Gasteiger partial charge in [0.25, 0.3) is 0 Å². The lowest BCUT2D eigenvalue weighted by molar-refractivity contribution is -0.137. The van der Waals surface area contributed by atoms with Crippen molar-refractivity contribution in [2.45, 2.75) is 26.2 Å². The highest BCUT2D eigenvalue weighted by Gasteiger charge is 1.96. The van der Waals surface area contributed by atoms with Crippen LogP contribution in [0.5, 0.6) is 0 Å². The van der Waals surface area contributed by atoms with Gasteiger partial charge in [-0.1, -0.05) is 12.2 Å². The third kappa shape index (κ3) is 9.56. The van der Waals surface area contributed by atoms with Crippen LogP contribution in [0.1, 0.15) is 26.2 Å². The molecular weight excluding hydrogens is 172 g/mol. The summed E-state index contributed by atoms with van der Waals surface area (Å²) < 4.78 is 0. The van der Waals surface area contributed by atoms with Gasteiger partial charge in [-0.3, -0.25) is 4.79 Å². The fourth-order valence-electron chi connectivity index (χ4n) is 0.727. The largest absolute Gasteiger partial charge is 0.481 e. The SMILES string of the molecule is C=C(C)CSCCCCC(=O)O. The molecule has 0 fully saturated rings. The molecule has 0 spiro atoms. The van der Waals surface area contributed by atoms with Gasteiger partial charge >= 0.3 is 5.97 Å². The first-order valence-electron chi connectivity index (χ1n) is 4.07. The van der Waals surface area contributed by atoms with Crippen LogP contribution < -0.4 is 0 Å². The van der Waals surface area contributed by atoms with E-state index in [9.17, 15) is 4.79 Å². The molecule has 0 aromatic carbocycles. The molecule has 0 aliphatic rings. The van der Waals surface area contributed by atoms with Crippen molar-refractivity contribution in [1.29, 1.82) is 0 Å². The van der Waals surface area contributed by atoms with E-state index in [1.807, 2.05) is 18.7 Å². The zero-order valence-corrected chi connectivity index (χ0v) is 8.32. The van der Waals surface area contributed by atoms with E-state index in [1.165, 1.54) is 5.57 Å². The molecule has 0 aromatic heterocycles. The lowest BCUT2D eigenvalue weighted by Gasteiger charge is -1.99. The molecule has 0 rings (SSSR count). The van der Waals surface area contributed by atoms with Crippen LogP contribution >= 0.6 is 11.8 Å². The molecule has 2 nitrogen and oxygen atoms in total. The highest BCUT2D eigenvalue weighted by atomic mass is 32.2.